The normalized spacial score (nSPS) is 11.8. The Bertz CT molecular complexity index is 156. The van der Waals surface area contributed by atoms with Gasteiger partial charge in [0, 0.05) is 6.42 Å². The Morgan fingerprint density at radius 2 is 1.92 bits per heavy atom. The van der Waals surface area contributed by atoms with Crippen LogP contribution in [0.4, 0.5) is 0 Å². The lowest BCUT2D eigenvalue weighted by molar-refractivity contribution is -0.116. The predicted molar refractivity (Wildman–Crippen MR) is 53.2 cm³/mol. The third kappa shape index (κ3) is 7.52. The van der Waals surface area contributed by atoms with Gasteiger partial charge in [0.2, 0.25) is 0 Å². The minimum absolute atomic E-state index is 0.263. The van der Waals surface area contributed by atoms with Crippen LogP contribution in [-0.4, -0.2) is 5.78 Å². The number of carbonyl (C=O) groups is 1. The zero-order valence-electron chi connectivity index (χ0n) is 8.52. The van der Waals surface area contributed by atoms with Gasteiger partial charge in [0.15, 0.2) is 0 Å². The fourth-order valence-corrected chi connectivity index (χ4v) is 1.21. The standard InChI is InChI=1S/C11H20O/c1-4-5-6-7-8-10(2)9-11(3)12/h8H,4-7,9H2,1-3H3/b10-8+. The van der Waals surface area contributed by atoms with E-state index in [-0.39, 0.29) is 5.78 Å². The van der Waals surface area contributed by atoms with Gasteiger partial charge in [-0.3, -0.25) is 4.79 Å². The van der Waals surface area contributed by atoms with E-state index >= 15 is 0 Å². The zero-order valence-corrected chi connectivity index (χ0v) is 8.52. The van der Waals surface area contributed by atoms with E-state index in [1.165, 1.54) is 24.8 Å². The van der Waals surface area contributed by atoms with E-state index in [0.717, 1.165) is 6.42 Å². The molecular formula is C11H20O. The van der Waals surface area contributed by atoms with Gasteiger partial charge >= 0.3 is 0 Å². The minimum atomic E-state index is 0.263. The van der Waals surface area contributed by atoms with E-state index in [0.29, 0.717) is 6.42 Å². The van der Waals surface area contributed by atoms with Crippen LogP contribution >= 0.6 is 0 Å². The van der Waals surface area contributed by atoms with Crippen molar-refractivity contribution in [2.75, 3.05) is 0 Å². The van der Waals surface area contributed by atoms with Gasteiger partial charge < -0.3 is 0 Å². The maximum Gasteiger partial charge on any atom is 0.133 e. The van der Waals surface area contributed by atoms with Crippen molar-refractivity contribution in [3.8, 4) is 0 Å². The SMILES string of the molecule is CCCCC/C=C(\C)CC(C)=O. The molecule has 0 aliphatic carbocycles. The van der Waals surface area contributed by atoms with Gasteiger partial charge in [-0.2, -0.15) is 0 Å². The summed E-state index contributed by atoms with van der Waals surface area (Å²) < 4.78 is 0. The summed E-state index contributed by atoms with van der Waals surface area (Å²) in [7, 11) is 0. The molecule has 1 heteroatoms. The van der Waals surface area contributed by atoms with Crippen molar-refractivity contribution in [3.63, 3.8) is 0 Å². The highest BCUT2D eigenvalue weighted by atomic mass is 16.1. The summed E-state index contributed by atoms with van der Waals surface area (Å²) in [4.78, 5) is 10.7. The van der Waals surface area contributed by atoms with Gasteiger partial charge in [-0.15, -0.1) is 0 Å². The quantitative estimate of drug-likeness (QED) is 0.438. The van der Waals surface area contributed by atoms with Gasteiger partial charge in [0.1, 0.15) is 5.78 Å². The summed E-state index contributed by atoms with van der Waals surface area (Å²) in [6, 6.07) is 0. The average Bonchev–Trinajstić information content (AvgIpc) is 1.97. The van der Waals surface area contributed by atoms with Gasteiger partial charge in [0.25, 0.3) is 0 Å². The molecule has 0 fully saturated rings. The van der Waals surface area contributed by atoms with Crippen LogP contribution in [0.3, 0.4) is 0 Å². The van der Waals surface area contributed by atoms with Crippen LogP contribution in [-0.2, 0) is 4.79 Å². The molecule has 0 aromatic heterocycles. The van der Waals surface area contributed by atoms with Crippen molar-refractivity contribution in [2.24, 2.45) is 0 Å². The van der Waals surface area contributed by atoms with Gasteiger partial charge in [-0.25, -0.2) is 0 Å². The lowest BCUT2D eigenvalue weighted by Crippen LogP contribution is -1.90. The molecule has 0 unspecified atom stereocenters. The maximum absolute atomic E-state index is 10.7. The van der Waals surface area contributed by atoms with Crippen molar-refractivity contribution in [1.29, 1.82) is 0 Å². The second-order valence-electron chi connectivity index (χ2n) is 3.43. The summed E-state index contributed by atoms with van der Waals surface area (Å²) >= 11 is 0. The van der Waals surface area contributed by atoms with Crippen LogP contribution < -0.4 is 0 Å². The van der Waals surface area contributed by atoms with E-state index in [9.17, 15) is 4.79 Å². The monoisotopic (exact) mass is 168 g/mol. The molecule has 0 aromatic carbocycles. The third-order valence-electron chi connectivity index (χ3n) is 1.83. The molecule has 0 bridgehead atoms. The van der Waals surface area contributed by atoms with Crippen LogP contribution in [0.25, 0.3) is 0 Å². The van der Waals surface area contributed by atoms with Crippen molar-refractivity contribution < 1.29 is 4.79 Å². The highest BCUT2D eigenvalue weighted by Gasteiger charge is 1.93. The number of allylic oxidation sites excluding steroid dienone is 2. The topological polar surface area (TPSA) is 17.1 Å². The van der Waals surface area contributed by atoms with E-state index in [2.05, 4.69) is 13.0 Å². The van der Waals surface area contributed by atoms with Crippen LogP contribution in [0, 0.1) is 0 Å². The maximum atomic E-state index is 10.7. The number of rotatable bonds is 6. The van der Waals surface area contributed by atoms with Gasteiger partial charge in [0.05, 0.1) is 0 Å². The zero-order chi connectivity index (χ0) is 9.40. The highest BCUT2D eigenvalue weighted by Crippen LogP contribution is 2.06. The number of unbranched alkanes of at least 4 members (excludes halogenated alkanes) is 3. The Labute approximate surface area is 75.9 Å². The van der Waals surface area contributed by atoms with Crippen LogP contribution in [0.2, 0.25) is 0 Å². The Hall–Kier alpha value is -0.590. The fourth-order valence-electron chi connectivity index (χ4n) is 1.21. The Morgan fingerprint density at radius 3 is 2.42 bits per heavy atom. The third-order valence-corrected chi connectivity index (χ3v) is 1.83. The van der Waals surface area contributed by atoms with Crippen molar-refractivity contribution in [3.05, 3.63) is 11.6 Å². The highest BCUT2D eigenvalue weighted by molar-refractivity contribution is 5.77. The van der Waals surface area contributed by atoms with Crippen molar-refractivity contribution in [1.82, 2.24) is 0 Å². The number of hydrogen-bond acceptors (Lipinski definition) is 1. The minimum Gasteiger partial charge on any atom is -0.300 e. The molecule has 0 amide bonds. The first-order valence-electron chi connectivity index (χ1n) is 4.82. The Kier molecular flexibility index (Phi) is 6.73. The average molecular weight is 168 g/mol. The smallest absolute Gasteiger partial charge is 0.133 e. The fraction of sp³-hybridized carbons (Fsp3) is 0.727. The van der Waals surface area contributed by atoms with Crippen molar-refractivity contribution >= 4 is 5.78 Å². The molecule has 0 heterocycles. The second kappa shape index (κ2) is 7.08. The lowest BCUT2D eigenvalue weighted by Gasteiger charge is -1.97. The molecule has 0 aliphatic heterocycles. The Balaban J connectivity index is 3.48. The molecule has 0 saturated carbocycles. The van der Waals surface area contributed by atoms with E-state index < -0.39 is 0 Å². The molecule has 70 valence electrons. The Morgan fingerprint density at radius 1 is 1.25 bits per heavy atom. The molecule has 0 saturated heterocycles. The van der Waals surface area contributed by atoms with Crippen molar-refractivity contribution in [2.45, 2.75) is 52.9 Å². The first-order chi connectivity index (χ1) is 5.66. The molecule has 0 aliphatic rings. The number of ketones is 1. The molecule has 1 nitrogen and oxygen atoms in total. The van der Waals surface area contributed by atoms with E-state index in [1.54, 1.807) is 6.92 Å². The predicted octanol–water partition coefficient (Wildman–Crippen LogP) is 3.49. The van der Waals surface area contributed by atoms with Gasteiger partial charge in [-0.1, -0.05) is 31.4 Å². The second-order valence-corrected chi connectivity index (χ2v) is 3.43. The van der Waals surface area contributed by atoms with Gasteiger partial charge in [-0.05, 0) is 26.7 Å². The van der Waals surface area contributed by atoms with Crippen LogP contribution in [0.15, 0.2) is 11.6 Å². The molecule has 12 heavy (non-hydrogen) atoms. The lowest BCUT2D eigenvalue weighted by atomic mass is 10.1. The number of Topliss-reactive ketones (excluding diaryl/α,β-unsaturated/α-hetero) is 1. The molecular weight excluding hydrogens is 148 g/mol. The summed E-state index contributed by atoms with van der Waals surface area (Å²) in [5, 5.41) is 0. The molecule has 0 aromatic rings. The summed E-state index contributed by atoms with van der Waals surface area (Å²) in [5.41, 5.74) is 1.22. The first kappa shape index (κ1) is 11.4. The van der Waals surface area contributed by atoms with E-state index in [4.69, 9.17) is 0 Å². The first-order valence-corrected chi connectivity index (χ1v) is 4.82. The van der Waals surface area contributed by atoms with Crippen LogP contribution in [0.5, 0.6) is 0 Å². The largest absolute Gasteiger partial charge is 0.300 e. The summed E-state index contributed by atoms with van der Waals surface area (Å²) in [6.07, 6.45) is 7.77. The molecule has 0 atom stereocenters. The molecule has 0 rings (SSSR count). The summed E-state index contributed by atoms with van der Waals surface area (Å²) in [5.74, 6) is 0.263. The molecule has 0 radical (unpaired) electrons. The molecule has 0 N–H and O–H groups in total. The van der Waals surface area contributed by atoms with E-state index in [1.807, 2.05) is 6.92 Å². The number of carbonyl (C=O) groups excluding carboxylic acids is 1. The number of hydrogen-bond donors (Lipinski definition) is 0. The van der Waals surface area contributed by atoms with Crippen LogP contribution in [0.1, 0.15) is 52.9 Å². The summed E-state index contributed by atoms with van der Waals surface area (Å²) in [6.45, 7) is 5.88. The molecule has 0 spiro atoms.